The molecule has 19 heavy (non-hydrogen) atoms. The first-order valence-corrected chi connectivity index (χ1v) is 8.08. The van der Waals surface area contributed by atoms with E-state index in [0.717, 1.165) is 18.5 Å². The summed E-state index contributed by atoms with van der Waals surface area (Å²) in [5.74, 6) is 0. The second-order valence-electron chi connectivity index (χ2n) is 4.99. The Morgan fingerprint density at radius 3 is 2.32 bits per heavy atom. The smallest absolute Gasteiger partial charge is 0.240 e. The van der Waals surface area contributed by atoms with E-state index in [2.05, 4.69) is 10.0 Å². The summed E-state index contributed by atoms with van der Waals surface area (Å²) in [5.41, 5.74) is 6.71. The second-order valence-corrected chi connectivity index (χ2v) is 6.76. The minimum Gasteiger partial charge on any atom is -0.378 e. The predicted octanol–water partition coefficient (Wildman–Crippen LogP) is 1.28. The van der Waals surface area contributed by atoms with Crippen molar-refractivity contribution in [3.05, 3.63) is 24.3 Å². The van der Waals surface area contributed by atoms with Crippen LogP contribution in [-0.4, -0.2) is 27.0 Å². The van der Waals surface area contributed by atoms with Gasteiger partial charge in [-0.25, -0.2) is 13.1 Å². The van der Waals surface area contributed by atoms with Gasteiger partial charge in [0.1, 0.15) is 0 Å². The molecule has 1 aromatic carbocycles. The number of nitrogens with two attached hydrogens (primary N) is 1. The summed E-state index contributed by atoms with van der Waals surface area (Å²) in [6, 6.07) is 6.81. The van der Waals surface area contributed by atoms with Gasteiger partial charge in [-0.1, -0.05) is 6.92 Å². The molecule has 0 aromatic heterocycles. The molecule has 0 heterocycles. The maximum absolute atomic E-state index is 11.8. The Kier molecular flexibility index (Phi) is 4.13. The highest BCUT2D eigenvalue weighted by Crippen LogP contribution is 2.34. The van der Waals surface area contributed by atoms with Crippen LogP contribution >= 0.6 is 0 Å². The maximum Gasteiger partial charge on any atom is 0.240 e. The molecule has 0 spiro atoms. The third-order valence-electron chi connectivity index (χ3n) is 3.61. The molecule has 0 atom stereocenters. The van der Waals surface area contributed by atoms with Gasteiger partial charge in [0.2, 0.25) is 10.0 Å². The van der Waals surface area contributed by atoms with E-state index in [0.29, 0.717) is 13.1 Å². The fourth-order valence-corrected chi connectivity index (χ4v) is 3.32. The van der Waals surface area contributed by atoms with Crippen molar-refractivity contribution in [2.24, 2.45) is 5.73 Å². The molecule has 0 aliphatic heterocycles. The molecular formula is C13H21N3O2S. The Bertz CT molecular complexity index is 516. The Morgan fingerprint density at radius 2 is 1.89 bits per heavy atom. The fourth-order valence-electron chi connectivity index (χ4n) is 2.28. The van der Waals surface area contributed by atoms with Gasteiger partial charge in [-0.3, -0.25) is 0 Å². The van der Waals surface area contributed by atoms with Crippen LogP contribution in [0.15, 0.2) is 29.2 Å². The lowest BCUT2D eigenvalue weighted by atomic mass is 9.76. The van der Waals surface area contributed by atoms with Crippen molar-refractivity contribution in [2.75, 3.05) is 18.4 Å². The van der Waals surface area contributed by atoms with E-state index >= 15 is 0 Å². The van der Waals surface area contributed by atoms with Crippen molar-refractivity contribution < 1.29 is 8.42 Å². The minimum atomic E-state index is -3.37. The lowest BCUT2D eigenvalue weighted by Gasteiger charge is -2.42. The average Bonchev–Trinajstić information content (AvgIpc) is 2.34. The lowest BCUT2D eigenvalue weighted by molar-refractivity contribution is 0.287. The molecule has 5 nitrogen and oxygen atoms in total. The van der Waals surface area contributed by atoms with Crippen LogP contribution < -0.4 is 15.8 Å². The van der Waals surface area contributed by atoms with E-state index in [9.17, 15) is 8.42 Å². The van der Waals surface area contributed by atoms with E-state index in [4.69, 9.17) is 5.73 Å². The molecule has 0 radical (unpaired) electrons. The highest BCUT2D eigenvalue weighted by atomic mass is 32.2. The predicted molar refractivity (Wildman–Crippen MR) is 76.6 cm³/mol. The zero-order valence-corrected chi connectivity index (χ0v) is 12.0. The van der Waals surface area contributed by atoms with Crippen molar-refractivity contribution in [1.29, 1.82) is 0 Å². The molecule has 0 saturated heterocycles. The molecule has 4 N–H and O–H groups in total. The number of hydrogen-bond acceptors (Lipinski definition) is 4. The molecule has 0 amide bonds. The number of rotatable bonds is 6. The number of benzene rings is 1. The van der Waals surface area contributed by atoms with Crippen molar-refractivity contribution in [3.8, 4) is 0 Å². The van der Waals surface area contributed by atoms with Gasteiger partial charge in [-0.15, -0.1) is 0 Å². The van der Waals surface area contributed by atoms with Crippen molar-refractivity contribution >= 4 is 15.7 Å². The molecule has 1 aliphatic carbocycles. The summed E-state index contributed by atoms with van der Waals surface area (Å²) in [4.78, 5) is 0.287. The largest absolute Gasteiger partial charge is 0.378 e. The van der Waals surface area contributed by atoms with Crippen molar-refractivity contribution in [3.63, 3.8) is 0 Å². The van der Waals surface area contributed by atoms with E-state index in [1.807, 2.05) is 0 Å². The molecule has 2 rings (SSSR count). The van der Waals surface area contributed by atoms with Gasteiger partial charge >= 0.3 is 0 Å². The number of anilines is 1. The highest BCUT2D eigenvalue weighted by molar-refractivity contribution is 7.89. The summed E-state index contributed by atoms with van der Waals surface area (Å²) in [6.45, 7) is 2.75. The second kappa shape index (κ2) is 5.48. The van der Waals surface area contributed by atoms with E-state index in [1.54, 1.807) is 31.2 Å². The average molecular weight is 283 g/mol. The number of nitrogens with one attached hydrogen (secondary N) is 2. The maximum atomic E-state index is 11.8. The number of hydrogen-bond donors (Lipinski definition) is 3. The molecule has 0 bridgehead atoms. The zero-order valence-electron chi connectivity index (χ0n) is 11.1. The van der Waals surface area contributed by atoms with Gasteiger partial charge in [0, 0.05) is 24.3 Å². The summed E-state index contributed by atoms with van der Waals surface area (Å²) in [5, 5.41) is 3.41. The van der Waals surface area contributed by atoms with Crippen LogP contribution in [0.3, 0.4) is 0 Å². The monoisotopic (exact) mass is 283 g/mol. The minimum absolute atomic E-state index is 0.00204. The molecule has 1 aliphatic rings. The third-order valence-corrected chi connectivity index (χ3v) is 5.17. The lowest BCUT2D eigenvalue weighted by Crippen LogP contribution is -2.51. The van der Waals surface area contributed by atoms with E-state index in [-0.39, 0.29) is 10.4 Å². The van der Waals surface area contributed by atoms with Gasteiger partial charge in [-0.2, -0.15) is 0 Å². The SMILES string of the molecule is CCNS(=O)(=O)c1ccc(NC2(CN)CCC2)cc1. The fraction of sp³-hybridized carbons (Fsp3) is 0.538. The van der Waals surface area contributed by atoms with Gasteiger partial charge < -0.3 is 11.1 Å². The third kappa shape index (κ3) is 3.08. The Morgan fingerprint density at radius 1 is 1.26 bits per heavy atom. The van der Waals surface area contributed by atoms with Crippen LogP contribution in [0.2, 0.25) is 0 Å². The van der Waals surface area contributed by atoms with Crippen LogP contribution in [0.5, 0.6) is 0 Å². The Balaban J connectivity index is 2.11. The van der Waals surface area contributed by atoms with Crippen LogP contribution in [0.25, 0.3) is 0 Å². The van der Waals surface area contributed by atoms with Crippen molar-refractivity contribution in [2.45, 2.75) is 36.6 Å². The normalized spacial score (nSPS) is 17.8. The van der Waals surface area contributed by atoms with Gasteiger partial charge in [0.15, 0.2) is 0 Å². The quantitative estimate of drug-likeness (QED) is 0.734. The van der Waals surface area contributed by atoms with Crippen LogP contribution in [0, 0.1) is 0 Å². The number of sulfonamides is 1. The molecule has 106 valence electrons. The Labute approximate surface area is 114 Å². The first-order chi connectivity index (χ1) is 9.01. The van der Waals surface area contributed by atoms with E-state index < -0.39 is 10.0 Å². The highest BCUT2D eigenvalue weighted by Gasteiger charge is 2.35. The summed E-state index contributed by atoms with van der Waals surface area (Å²) in [6.07, 6.45) is 3.33. The first-order valence-electron chi connectivity index (χ1n) is 6.59. The Hall–Kier alpha value is -1.11. The molecular weight excluding hydrogens is 262 g/mol. The van der Waals surface area contributed by atoms with Gasteiger partial charge in [0.05, 0.1) is 4.90 Å². The van der Waals surface area contributed by atoms with Crippen LogP contribution in [0.1, 0.15) is 26.2 Å². The molecule has 1 fully saturated rings. The summed E-state index contributed by atoms with van der Waals surface area (Å²) in [7, 11) is -3.37. The topological polar surface area (TPSA) is 84.2 Å². The van der Waals surface area contributed by atoms with Gasteiger partial charge in [0.25, 0.3) is 0 Å². The van der Waals surface area contributed by atoms with Crippen molar-refractivity contribution in [1.82, 2.24) is 4.72 Å². The van der Waals surface area contributed by atoms with E-state index in [1.165, 1.54) is 6.42 Å². The van der Waals surface area contributed by atoms with Crippen LogP contribution in [0.4, 0.5) is 5.69 Å². The molecule has 0 unspecified atom stereocenters. The molecule has 6 heteroatoms. The standard InChI is InChI=1S/C13H21N3O2S/c1-2-15-19(17,18)12-6-4-11(5-7-12)16-13(10-14)8-3-9-13/h4-7,15-16H,2-3,8-10,14H2,1H3. The zero-order chi connectivity index (χ0) is 13.9. The molecule has 1 aromatic rings. The van der Waals surface area contributed by atoms with Gasteiger partial charge in [-0.05, 0) is 43.5 Å². The summed E-state index contributed by atoms with van der Waals surface area (Å²) >= 11 is 0. The van der Waals surface area contributed by atoms with Crippen LogP contribution in [-0.2, 0) is 10.0 Å². The summed E-state index contributed by atoms with van der Waals surface area (Å²) < 4.78 is 26.1. The molecule has 1 saturated carbocycles. The first kappa shape index (κ1) is 14.3.